The van der Waals surface area contributed by atoms with Gasteiger partial charge in [0.1, 0.15) is 18.0 Å². The summed E-state index contributed by atoms with van der Waals surface area (Å²) in [6, 6.07) is 13.2. The van der Waals surface area contributed by atoms with Crippen molar-refractivity contribution < 1.29 is 9.18 Å². The number of carbonyl (C=O) groups excluding carboxylic acids is 1. The van der Waals surface area contributed by atoms with E-state index in [0.717, 1.165) is 47.1 Å². The Balaban J connectivity index is 1.19. The summed E-state index contributed by atoms with van der Waals surface area (Å²) in [6.45, 7) is 3.59. The Morgan fingerprint density at radius 3 is 3.00 bits per heavy atom. The highest BCUT2D eigenvalue weighted by atomic mass is 19.1. The van der Waals surface area contributed by atoms with Crippen molar-refractivity contribution >= 4 is 33.7 Å². The van der Waals surface area contributed by atoms with Crippen molar-refractivity contribution in [3.05, 3.63) is 78.1 Å². The molecule has 2 aromatic carbocycles. The van der Waals surface area contributed by atoms with Crippen molar-refractivity contribution in [1.29, 1.82) is 0 Å². The minimum absolute atomic E-state index is 0.0463. The van der Waals surface area contributed by atoms with Crippen molar-refractivity contribution in [3.63, 3.8) is 0 Å². The molecular weight excluding hydrogens is 457 g/mol. The number of nitrogens with zero attached hydrogens (tertiary/aromatic N) is 5. The largest absolute Gasteiger partial charge is 0.361 e. The fourth-order valence-corrected chi connectivity index (χ4v) is 4.86. The van der Waals surface area contributed by atoms with Crippen molar-refractivity contribution in [1.82, 2.24) is 30.0 Å². The van der Waals surface area contributed by atoms with Crippen molar-refractivity contribution in [2.75, 3.05) is 18.0 Å². The molecule has 2 N–H and O–H groups in total. The number of halogens is 1. The van der Waals surface area contributed by atoms with Crippen LogP contribution in [0.15, 0.2) is 61.2 Å². The Kier molecular flexibility index (Phi) is 5.59. The van der Waals surface area contributed by atoms with Crippen LogP contribution in [0, 0.1) is 18.7 Å². The number of carbonyl (C=O) groups is 1. The molecule has 1 unspecified atom stereocenters. The summed E-state index contributed by atoms with van der Waals surface area (Å²) in [4.78, 5) is 27.2. The lowest BCUT2D eigenvalue weighted by atomic mass is 9.97. The van der Waals surface area contributed by atoms with E-state index >= 15 is 0 Å². The molecule has 1 amide bonds. The quantitative estimate of drug-likeness (QED) is 0.389. The van der Waals surface area contributed by atoms with Crippen LogP contribution in [0.5, 0.6) is 0 Å². The summed E-state index contributed by atoms with van der Waals surface area (Å²) in [5, 5.41) is 9.55. The molecule has 1 saturated heterocycles. The summed E-state index contributed by atoms with van der Waals surface area (Å²) < 4.78 is 15.7. The normalized spacial score (nSPS) is 16.1. The predicted octanol–water partition coefficient (Wildman–Crippen LogP) is 4.28. The van der Waals surface area contributed by atoms with Crippen LogP contribution >= 0.6 is 0 Å². The highest BCUT2D eigenvalue weighted by Gasteiger charge is 2.28. The molecule has 1 fully saturated rings. The lowest BCUT2D eigenvalue weighted by molar-refractivity contribution is -0.125. The number of aromatic amines is 1. The van der Waals surface area contributed by atoms with Gasteiger partial charge in [0.15, 0.2) is 5.65 Å². The number of anilines is 1. The molecule has 0 radical (unpaired) electrons. The minimum Gasteiger partial charge on any atom is -0.361 e. The van der Waals surface area contributed by atoms with E-state index in [9.17, 15) is 9.18 Å². The Hall–Kier alpha value is -4.27. The third kappa shape index (κ3) is 4.17. The Morgan fingerprint density at radius 1 is 1.19 bits per heavy atom. The van der Waals surface area contributed by atoms with E-state index in [-0.39, 0.29) is 17.6 Å². The van der Waals surface area contributed by atoms with E-state index in [1.807, 2.05) is 36.7 Å². The van der Waals surface area contributed by atoms with Crippen LogP contribution in [0.4, 0.5) is 10.2 Å². The highest BCUT2D eigenvalue weighted by Crippen LogP contribution is 2.28. The van der Waals surface area contributed by atoms with Gasteiger partial charge in [-0.2, -0.15) is 0 Å². The number of nitrogens with one attached hydrogen (secondary N) is 2. The lowest BCUT2D eigenvalue weighted by Crippen LogP contribution is -2.43. The molecule has 36 heavy (non-hydrogen) atoms. The maximum Gasteiger partial charge on any atom is 0.225 e. The van der Waals surface area contributed by atoms with E-state index in [4.69, 9.17) is 0 Å². The van der Waals surface area contributed by atoms with Crippen LogP contribution in [-0.4, -0.2) is 43.7 Å². The van der Waals surface area contributed by atoms with Gasteiger partial charge in [0, 0.05) is 37.5 Å². The van der Waals surface area contributed by atoms with Crippen LogP contribution in [0.3, 0.4) is 0 Å². The third-order valence-electron chi connectivity index (χ3n) is 6.89. The van der Waals surface area contributed by atoms with Crippen LogP contribution in [-0.2, 0) is 11.3 Å². The second-order valence-electron chi connectivity index (χ2n) is 9.34. The van der Waals surface area contributed by atoms with Crippen molar-refractivity contribution in [2.45, 2.75) is 26.3 Å². The van der Waals surface area contributed by atoms with E-state index in [1.54, 1.807) is 17.7 Å². The van der Waals surface area contributed by atoms with Gasteiger partial charge in [-0.15, -0.1) is 5.10 Å². The number of H-pyrrole nitrogens is 1. The van der Waals surface area contributed by atoms with Gasteiger partial charge in [-0.1, -0.05) is 12.1 Å². The molecular formula is C27H26FN7O. The summed E-state index contributed by atoms with van der Waals surface area (Å²) in [6.07, 6.45) is 6.95. The Bertz CT molecular complexity index is 1570. The Morgan fingerprint density at radius 2 is 2.11 bits per heavy atom. The topological polar surface area (TPSA) is 91.7 Å². The van der Waals surface area contributed by atoms with Gasteiger partial charge < -0.3 is 15.2 Å². The van der Waals surface area contributed by atoms with Gasteiger partial charge in [-0.3, -0.25) is 4.79 Å². The monoisotopic (exact) mass is 483 g/mol. The smallest absolute Gasteiger partial charge is 0.225 e. The summed E-state index contributed by atoms with van der Waals surface area (Å²) in [5.41, 5.74) is 3.89. The molecule has 1 aliphatic rings. The molecule has 5 aromatic rings. The fraction of sp³-hybridized carbons (Fsp3) is 0.259. The first-order valence-corrected chi connectivity index (χ1v) is 12.1. The average Bonchev–Trinajstić information content (AvgIpc) is 3.55. The number of amides is 1. The van der Waals surface area contributed by atoms with E-state index < -0.39 is 0 Å². The van der Waals surface area contributed by atoms with Gasteiger partial charge in [0.05, 0.1) is 17.0 Å². The van der Waals surface area contributed by atoms with Gasteiger partial charge in [-0.25, -0.2) is 19.0 Å². The number of fused-ring (bicyclic) bond motifs is 2. The summed E-state index contributed by atoms with van der Waals surface area (Å²) in [5.74, 6) is 0.372. The maximum absolute atomic E-state index is 14.1. The summed E-state index contributed by atoms with van der Waals surface area (Å²) in [7, 11) is 0. The predicted molar refractivity (Wildman–Crippen MR) is 136 cm³/mol. The molecule has 0 aliphatic carbocycles. The first-order chi connectivity index (χ1) is 17.5. The van der Waals surface area contributed by atoms with Gasteiger partial charge in [0.25, 0.3) is 0 Å². The van der Waals surface area contributed by atoms with Crippen LogP contribution in [0.2, 0.25) is 0 Å². The molecule has 9 heteroatoms. The minimum atomic E-state index is -0.281. The Labute approximate surface area is 207 Å². The number of hydrogen-bond donors (Lipinski definition) is 2. The zero-order valence-corrected chi connectivity index (χ0v) is 19.9. The zero-order chi connectivity index (χ0) is 24.6. The molecule has 0 saturated carbocycles. The summed E-state index contributed by atoms with van der Waals surface area (Å²) >= 11 is 0. The number of rotatable bonds is 5. The number of aromatic nitrogens is 5. The second-order valence-corrected chi connectivity index (χ2v) is 9.34. The lowest BCUT2D eigenvalue weighted by Gasteiger charge is -2.33. The number of benzene rings is 2. The highest BCUT2D eigenvalue weighted by molar-refractivity contribution is 5.87. The van der Waals surface area contributed by atoms with Crippen molar-refractivity contribution in [2.24, 2.45) is 5.92 Å². The first kappa shape index (κ1) is 22.2. The number of aryl methyl sites for hydroxylation is 1. The van der Waals surface area contributed by atoms with E-state index in [1.165, 1.54) is 12.4 Å². The molecule has 8 nitrogen and oxygen atoms in total. The van der Waals surface area contributed by atoms with E-state index in [2.05, 4.69) is 36.3 Å². The zero-order valence-electron chi connectivity index (χ0n) is 19.9. The standard InChI is InChI=1S/C27H26FN7O/c1-17-4-6-21(12-23(17)28)35-15-22-25(33-35)31-16-32-26(22)34-10-2-3-20(14-34)27(36)30-13-18-5-7-24-19(11-18)8-9-29-24/h4-9,11-12,15-16,20,29H,2-3,10,13-14H2,1H3,(H,30,36). The van der Waals surface area contributed by atoms with Gasteiger partial charge in [-0.05, 0) is 66.6 Å². The van der Waals surface area contributed by atoms with Gasteiger partial charge >= 0.3 is 0 Å². The van der Waals surface area contributed by atoms with Crippen LogP contribution in [0.1, 0.15) is 24.0 Å². The molecule has 0 spiro atoms. The van der Waals surface area contributed by atoms with Gasteiger partial charge in [0.2, 0.25) is 5.91 Å². The average molecular weight is 484 g/mol. The molecule has 6 rings (SSSR count). The van der Waals surface area contributed by atoms with Crippen molar-refractivity contribution in [3.8, 4) is 5.69 Å². The van der Waals surface area contributed by atoms with E-state index in [0.29, 0.717) is 30.0 Å². The molecule has 3 aromatic heterocycles. The SMILES string of the molecule is Cc1ccc(-n2cc3c(N4CCCC(C(=O)NCc5ccc6[nH]ccc6c5)C4)ncnc3n2)cc1F. The molecule has 0 bridgehead atoms. The third-order valence-corrected chi connectivity index (χ3v) is 6.89. The second kappa shape index (κ2) is 9.07. The van der Waals surface area contributed by atoms with Crippen LogP contribution in [0.25, 0.3) is 27.6 Å². The number of hydrogen-bond acceptors (Lipinski definition) is 5. The molecule has 1 atom stereocenters. The molecule has 4 heterocycles. The first-order valence-electron chi connectivity index (χ1n) is 12.1. The fourth-order valence-electron chi connectivity index (χ4n) is 4.86. The van der Waals surface area contributed by atoms with Crippen LogP contribution < -0.4 is 10.2 Å². The maximum atomic E-state index is 14.1. The number of piperidine rings is 1. The molecule has 182 valence electrons. The molecule has 1 aliphatic heterocycles.